The highest BCUT2D eigenvalue weighted by Crippen LogP contribution is 2.26. The monoisotopic (exact) mass is 1000 g/mol. The van der Waals surface area contributed by atoms with E-state index in [2.05, 4.69) is 69.4 Å². The smallest absolute Gasteiger partial charge is 0.335 e. The van der Waals surface area contributed by atoms with Gasteiger partial charge in [-0.25, -0.2) is 4.79 Å². The number of carboxylic acids is 1. The maximum atomic E-state index is 13.1. The molecule has 0 aromatic heterocycles. The number of carbonyl (C=O) groups excluding carboxylic acids is 3. The molecule has 12 heteroatoms. The van der Waals surface area contributed by atoms with Crippen molar-refractivity contribution in [2.75, 3.05) is 13.2 Å². The summed E-state index contributed by atoms with van der Waals surface area (Å²) in [4.78, 5) is 51.0. The van der Waals surface area contributed by atoms with Gasteiger partial charge in [-0.2, -0.15) is 0 Å². The zero-order valence-corrected chi connectivity index (χ0v) is 45.0. The van der Waals surface area contributed by atoms with Gasteiger partial charge >= 0.3 is 23.9 Å². The lowest BCUT2D eigenvalue weighted by Gasteiger charge is -2.40. The van der Waals surface area contributed by atoms with Crippen LogP contribution in [0.1, 0.15) is 252 Å². The highest BCUT2D eigenvalue weighted by atomic mass is 16.7. The Bertz CT molecular complexity index is 1420. The fourth-order valence-electron chi connectivity index (χ4n) is 8.37. The molecule has 12 nitrogen and oxygen atoms in total. The molecule has 6 atom stereocenters. The van der Waals surface area contributed by atoms with Crippen molar-refractivity contribution >= 4 is 23.9 Å². The van der Waals surface area contributed by atoms with Crippen molar-refractivity contribution in [1.29, 1.82) is 0 Å². The minimum absolute atomic E-state index is 0.0489. The molecule has 1 aliphatic heterocycles. The number of rotatable bonds is 48. The lowest BCUT2D eigenvalue weighted by atomic mass is 9.98. The van der Waals surface area contributed by atoms with Crippen LogP contribution in [-0.2, 0) is 42.9 Å². The third kappa shape index (κ3) is 38.0. The van der Waals surface area contributed by atoms with Gasteiger partial charge in [0.15, 0.2) is 24.6 Å². The number of ether oxygens (including phenoxy) is 5. The van der Waals surface area contributed by atoms with E-state index in [1.165, 1.54) is 77.0 Å². The van der Waals surface area contributed by atoms with Crippen molar-refractivity contribution < 1.29 is 58.2 Å². The van der Waals surface area contributed by atoms with Crippen molar-refractivity contribution in [2.24, 2.45) is 0 Å². The van der Waals surface area contributed by atoms with Gasteiger partial charge in [0.05, 0.1) is 6.61 Å². The van der Waals surface area contributed by atoms with E-state index in [0.29, 0.717) is 19.3 Å². The van der Waals surface area contributed by atoms with Gasteiger partial charge in [-0.3, -0.25) is 14.4 Å². The number of aliphatic carboxylic acids is 1. The molecule has 3 N–H and O–H groups in total. The number of carbonyl (C=O) groups is 4. The van der Waals surface area contributed by atoms with Gasteiger partial charge in [0, 0.05) is 19.3 Å². The Labute approximate surface area is 431 Å². The molecular weight excluding hydrogens is 901 g/mol. The fourth-order valence-corrected chi connectivity index (χ4v) is 8.37. The topological polar surface area (TPSA) is 175 Å². The quantitative estimate of drug-likeness (QED) is 0.0228. The Kier molecular flexibility index (Phi) is 44.1. The summed E-state index contributed by atoms with van der Waals surface area (Å²) >= 11 is 0. The average Bonchev–Trinajstić information content (AvgIpc) is 3.35. The van der Waals surface area contributed by atoms with Crippen LogP contribution in [0.25, 0.3) is 0 Å². The second kappa shape index (κ2) is 47.7. The van der Waals surface area contributed by atoms with Crippen molar-refractivity contribution in [3.63, 3.8) is 0 Å². The lowest BCUT2D eigenvalue weighted by molar-refractivity contribution is -0.301. The summed E-state index contributed by atoms with van der Waals surface area (Å²) in [6, 6.07) is 0. The summed E-state index contributed by atoms with van der Waals surface area (Å²) in [5.41, 5.74) is 0. The van der Waals surface area contributed by atoms with Crippen LogP contribution >= 0.6 is 0 Å². The van der Waals surface area contributed by atoms with E-state index in [4.69, 9.17) is 23.7 Å². The minimum atomic E-state index is -1.91. The SMILES string of the molecule is CCCC/C=C\CCCCCCCC(=O)OC1C(OCC(COC(=O)CCCCCCCCC/C=C\C/C=C\CCCCC)OC(=O)CCCCCCC/C=C\CCCCCC)OC(C(=O)O)C(O)C1O. The van der Waals surface area contributed by atoms with E-state index < -0.39 is 67.3 Å². The average molecular weight is 1000 g/mol. The first kappa shape index (κ1) is 65.7. The van der Waals surface area contributed by atoms with Gasteiger partial charge < -0.3 is 39.0 Å². The van der Waals surface area contributed by atoms with Crippen molar-refractivity contribution in [2.45, 2.75) is 289 Å². The van der Waals surface area contributed by atoms with Crippen LogP contribution in [0.3, 0.4) is 0 Å². The molecule has 71 heavy (non-hydrogen) atoms. The predicted molar refractivity (Wildman–Crippen MR) is 285 cm³/mol. The number of hydrogen-bond donors (Lipinski definition) is 3. The molecule has 0 spiro atoms. The highest BCUT2D eigenvalue weighted by Gasteiger charge is 2.50. The van der Waals surface area contributed by atoms with Crippen molar-refractivity contribution in [1.82, 2.24) is 0 Å². The second-order valence-electron chi connectivity index (χ2n) is 19.6. The number of hydrogen-bond acceptors (Lipinski definition) is 11. The van der Waals surface area contributed by atoms with Crippen LogP contribution in [0.4, 0.5) is 0 Å². The van der Waals surface area contributed by atoms with Crippen LogP contribution < -0.4 is 0 Å². The predicted octanol–water partition coefficient (Wildman–Crippen LogP) is 14.2. The maximum absolute atomic E-state index is 13.1. The van der Waals surface area contributed by atoms with Crippen LogP contribution in [0.5, 0.6) is 0 Å². The van der Waals surface area contributed by atoms with Gasteiger partial charge in [0.2, 0.25) is 0 Å². The Morgan fingerprint density at radius 1 is 0.465 bits per heavy atom. The van der Waals surface area contributed by atoms with Crippen LogP contribution in [0.2, 0.25) is 0 Å². The van der Waals surface area contributed by atoms with Gasteiger partial charge in [-0.1, -0.05) is 185 Å². The van der Waals surface area contributed by atoms with Gasteiger partial charge in [0.1, 0.15) is 18.8 Å². The molecule has 1 aliphatic rings. The van der Waals surface area contributed by atoms with Crippen molar-refractivity contribution in [3.8, 4) is 0 Å². The van der Waals surface area contributed by atoms with E-state index in [-0.39, 0.29) is 25.9 Å². The lowest BCUT2D eigenvalue weighted by Crippen LogP contribution is -2.61. The van der Waals surface area contributed by atoms with Crippen LogP contribution in [0, 0.1) is 0 Å². The molecule has 1 saturated heterocycles. The summed E-state index contributed by atoms with van der Waals surface area (Å²) in [7, 11) is 0. The molecule has 1 rings (SSSR count). The first-order chi connectivity index (χ1) is 34.6. The van der Waals surface area contributed by atoms with Gasteiger partial charge in [0.25, 0.3) is 0 Å². The molecule has 0 aromatic carbocycles. The van der Waals surface area contributed by atoms with Gasteiger partial charge in [-0.05, 0) is 96.3 Å². The molecule has 0 bridgehead atoms. The largest absolute Gasteiger partial charge is 0.479 e. The number of esters is 3. The number of carboxylic acid groups (broad SMARTS) is 1. The third-order valence-corrected chi connectivity index (χ3v) is 12.8. The first-order valence-electron chi connectivity index (χ1n) is 28.6. The molecule has 6 unspecified atom stereocenters. The van der Waals surface area contributed by atoms with E-state index in [0.717, 1.165) is 116 Å². The molecule has 0 aliphatic carbocycles. The number of aliphatic hydroxyl groups excluding tert-OH is 2. The van der Waals surface area contributed by atoms with Gasteiger partial charge in [-0.15, -0.1) is 0 Å². The molecule has 0 amide bonds. The fraction of sp³-hybridized carbons (Fsp3) is 0.797. The van der Waals surface area contributed by atoms with E-state index in [9.17, 15) is 34.5 Å². The Morgan fingerprint density at radius 2 is 0.859 bits per heavy atom. The molecule has 1 heterocycles. The summed E-state index contributed by atoms with van der Waals surface area (Å²) in [5.74, 6) is -3.14. The standard InChI is InChI=1S/C59H102O12/c1-4-7-10-13-16-19-22-24-25-26-27-29-31-33-36-39-42-45-51(60)67-48-50(69-52(61)46-43-40-37-35-32-28-23-20-17-14-11-8-5-2)49-68-59-57(55(64)54(63)56(71-59)58(65)66)70-53(62)47-44-41-38-34-30-21-18-15-12-9-6-3/h15-16,18-20,23-25,50,54-57,59,63-64H,4-14,17,21-22,26-49H2,1-3H3,(H,65,66)/b18-15-,19-16-,23-20-,25-24-. The molecule has 0 radical (unpaired) electrons. The Balaban J connectivity index is 2.70. The summed E-state index contributed by atoms with van der Waals surface area (Å²) < 4.78 is 28.3. The zero-order chi connectivity index (χ0) is 51.8. The van der Waals surface area contributed by atoms with Crippen LogP contribution in [0.15, 0.2) is 48.6 Å². The summed E-state index contributed by atoms with van der Waals surface area (Å²) in [6.45, 7) is 5.89. The number of unbranched alkanes of at least 4 members (excludes halogenated alkanes) is 26. The molecular formula is C59H102O12. The van der Waals surface area contributed by atoms with E-state index in [1.807, 2.05) is 0 Å². The number of aliphatic hydroxyl groups is 2. The van der Waals surface area contributed by atoms with Crippen LogP contribution in [-0.4, -0.2) is 89.2 Å². The molecule has 410 valence electrons. The van der Waals surface area contributed by atoms with E-state index >= 15 is 0 Å². The summed E-state index contributed by atoms with van der Waals surface area (Å²) in [6.07, 6.45) is 43.7. The second-order valence-corrected chi connectivity index (χ2v) is 19.6. The normalized spacial score (nSPS) is 18.8. The Hall–Kier alpha value is -3.32. The molecule has 0 aromatic rings. The molecule has 0 saturated carbocycles. The number of allylic oxidation sites excluding steroid dienone is 8. The zero-order valence-electron chi connectivity index (χ0n) is 45.0. The Morgan fingerprint density at radius 3 is 1.35 bits per heavy atom. The van der Waals surface area contributed by atoms with E-state index in [1.54, 1.807) is 0 Å². The summed E-state index contributed by atoms with van der Waals surface area (Å²) in [5, 5.41) is 31.4. The third-order valence-electron chi connectivity index (χ3n) is 12.8. The molecule has 1 fully saturated rings. The maximum Gasteiger partial charge on any atom is 0.335 e. The highest BCUT2D eigenvalue weighted by molar-refractivity contribution is 5.74. The minimum Gasteiger partial charge on any atom is -0.479 e. The first-order valence-corrected chi connectivity index (χ1v) is 28.6. The van der Waals surface area contributed by atoms with Crippen molar-refractivity contribution in [3.05, 3.63) is 48.6 Å².